The molecule has 2 amide bonds. The van der Waals surface area contributed by atoms with Crippen molar-refractivity contribution in [3.05, 3.63) is 34.8 Å². The first-order valence-corrected chi connectivity index (χ1v) is 10.2. The standard InChI is InChI=1S/C20H22Cl2N4O3/c1-2-19(27)25-17-9-18(15(22)8-14(17)21)29-11-12-5-6-16(24-12)20(28)26-7-3-4-13(26)10-23/h2,8-9,12-13,16,24H,1,3-7,11H2,(H,25,27)/t12-,13+,16+/m1/s1. The van der Waals surface area contributed by atoms with Gasteiger partial charge in [-0.2, -0.15) is 5.26 Å². The van der Waals surface area contributed by atoms with Crippen LogP contribution in [0.5, 0.6) is 5.75 Å². The molecule has 29 heavy (non-hydrogen) atoms. The fourth-order valence-electron chi connectivity index (χ4n) is 3.62. The van der Waals surface area contributed by atoms with Gasteiger partial charge >= 0.3 is 0 Å². The van der Waals surface area contributed by atoms with Crippen LogP contribution in [0.2, 0.25) is 10.0 Å². The summed E-state index contributed by atoms with van der Waals surface area (Å²) < 4.78 is 5.82. The van der Waals surface area contributed by atoms with E-state index < -0.39 is 5.91 Å². The summed E-state index contributed by atoms with van der Waals surface area (Å²) in [6.07, 6.45) is 4.20. The van der Waals surface area contributed by atoms with E-state index in [0.29, 0.717) is 41.1 Å². The number of carbonyl (C=O) groups is 2. The molecule has 2 saturated heterocycles. The summed E-state index contributed by atoms with van der Waals surface area (Å²) in [5, 5.41) is 15.7. The number of nitriles is 1. The molecule has 0 saturated carbocycles. The van der Waals surface area contributed by atoms with Crippen molar-refractivity contribution in [2.75, 3.05) is 18.5 Å². The maximum Gasteiger partial charge on any atom is 0.247 e. The van der Waals surface area contributed by atoms with E-state index in [1.807, 2.05) is 0 Å². The Bertz CT molecular complexity index is 855. The topological polar surface area (TPSA) is 94.5 Å². The molecule has 1 aromatic rings. The first-order chi connectivity index (χ1) is 13.9. The zero-order chi connectivity index (χ0) is 21.0. The van der Waals surface area contributed by atoms with Crippen LogP contribution >= 0.6 is 23.2 Å². The molecule has 0 bridgehead atoms. The first kappa shape index (κ1) is 21.4. The number of carbonyl (C=O) groups excluding carboxylic acids is 2. The monoisotopic (exact) mass is 436 g/mol. The molecular weight excluding hydrogens is 415 g/mol. The molecule has 0 radical (unpaired) electrons. The van der Waals surface area contributed by atoms with Crippen LogP contribution in [0.1, 0.15) is 25.7 Å². The van der Waals surface area contributed by atoms with Gasteiger partial charge in [-0.1, -0.05) is 29.8 Å². The Hall–Kier alpha value is -2.27. The molecule has 0 unspecified atom stereocenters. The Morgan fingerprint density at radius 2 is 2.14 bits per heavy atom. The number of hydrogen-bond donors (Lipinski definition) is 2. The Labute approximate surface area is 179 Å². The molecule has 3 atom stereocenters. The third-order valence-electron chi connectivity index (χ3n) is 5.13. The van der Waals surface area contributed by atoms with Crippen molar-refractivity contribution in [3.63, 3.8) is 0 Å². The van der Waals surface area contributed by atoms with Gasteiger partial charge in [0.1, 0.15) is 18.4 Å². The highest BCUT2D eigenvalue weighted by Gasteiger charge is 2.37. The minimum Gasteiger partial charge on any atom is -0.490 e. The second kappa shape index (κ2) is 9.49. The highest BCUT2D eigenvalue weighted by Crippen LogP contribution is 2.34. The molecule has 0 aliphatic carbocycles. The maximum atomic E-state index is 12.7. The summed E-state index contributed by atoms with van der Waals surface area (Å²) in [7, 11) is 0. The summed E-state index contributed by atoms with van der Waals surface area (Å²) in [6.45, 7) is 4.35. The summed E-state index contributed by atoms with van der Waals surface area (Å²) in [5.74, 6) is -0.0248. The highest BCUT2D eigenvalue weighted by atomic mass is 35.5. The highest BCUT2D eigenvalue weighted by molar-refractivity contribution is 6.37. The lowest BCUT2D eigenvalue weighted by molar-refractivity contribution is -0.133. The zero-order valence-corrected chi connectivity index (χ0v) is 17.3. The van der Waals surface area contributed by atoms with Gasteiger partial charge in [-0.15, -0.1) is 0 Å². The van der Waals surface area contributed by atoms with Crippen molar-refractivity contribution < 1.29 is 14.3 Å². The van der Waals surface area contributed by atoms with E-state index in [2.05, 4.69) is 23.3 Å². The third-order valence-corrected chi connectivity index (χ3v) is 5.74. The van der Waals surface area contributed by atoms with Gasteiger partial charge in [0.05, 0.1) is 27.8 Å². The number of nitrogens with zero attached hydrogens (tertiary/aromatic N) is 2. The normalized spacial score (nSPS) is 23.5. The number of hydrogen-bond acceptors (Lipinski definition) is 5. The van der Waals surface area contributed by atoms with Crippen LogP contribution < -0.4 is 15.4 Å². The van der Waals surface area contributed by atoms with Crippen molar-refractivity contribution >= 4 is 40.7 Å². The SMILES string of the molecule is C=CC(=O)Nc1cc(OC[C@H]2CC[C@@H](C(=O)N3CCC[C@H]3C#N)N2)c(Cl)cc1Cl. The van der Waals surface area contributed by atoms with Gasteiger partial charge in [0.25, 0.3) is 0 Å². The second-order valence-corrected chi connectivity index (χ2v) is 7.89. The van der Waals surface area contributed by atoms with Gasteiger partial charge in [0.15, 0.2) is 0 Å². The number of benzene rings is 1. The van der Waals surface area contributed by atoms with Crippen molar-refractivity contribution in [2.45, 2.75) is 43.8 Å². The average molecular weight is 437 g/mol. The van der Waals surface area contributed by atoms with Crippen LogP contribution in [0.15, 0.2) is 24.8 Å². The lowest BCUT2D eigenvalue weighted by Gasteiger charge is -2.24. The molecule has 2 heterocycles. The first-order valence-electron chi connectivity index (χ1n) is 9.44. The Morgan fingerprint density at radius 1 is 1.34 bits per heavy atom. The molecule has 1 aromatic carbocycles. The fraction of sp³-hybridized carbons (Fsp3) is 0.450. The molecule has 0 aromatic heterocycles. The van der Waals surface area contributed by atoms with Gasteiger partial charge in [-0.05, 0) is 37.8 Å². The van der Waals surface area contributed by atoms with Crippen LogP contribution in [0.25, 0.3) is 0 Å². The third kappa shape index (κ3) is 5.02. The molecule has 3 rings (SSSR count). The Balaban J connectivity index is 1.58. The molecule has 7 nitrogen and oxygen atoms in total. The number of nitrogens with one attached hydrogen (secondary N) is 2. The number of halogens is 2. The summed E-state index contributed by atoms with van der Waals surface area (Å²) in [4.78, 5) is 25.9. The van der Waals surface area contributed by atoms with E-state index in [0.717, 1.165) is 25.3 Å². The predicted molar refractivity (Wildman–Crippen MR) is 111 cm³/mol. The molecule has 2 N–H and O–H groups in total. The lowest BCUT2D eigenvalue weighted by atomic mass is 10.1. The molecule has 2 aliphatic rings. The summed E-state index contributed by atoms with van der Waals surface area (Å²) >= 11 is 12.3. The molecule has 154 valence electrons. The van der Waals surface area contributed by atoms with E-state index in [1.165, 1.54) is 6.07 Å². The summed E-state index contributed by atoms with van der Waals surface area (Å²) in [6, 6.07) is 4.61. The summed E-state index contributed by atoms with van der Waals surface area (Å²) in [5.41, 5.74) is 0.375. The molecule has 0 spiro atoms. The van der Waals surface area contributed by atoms with Crippen molar-refractivity contribution in [2.24, 2.45) is 0 Å². The van der Waals surface area contributed by atoms with E-state index in [9.17, 15) is 14.9 Å². The zero-order valence-electron chi connectivity index (χ0n) is 15.8. The molecule has 2 aliphatic heterocycles. The maximum absolute atomic E-state index is 12.7. The van der Waals surface area contributed by atoms with E-state index in [1.54, 1.807) is 11.0 Å². The Morgan fingerprint density at radius 3 is 2.86 bits per heavy atom. The van der Waals surface area contributed by atoms with Crippen LogP contribution in [0.4, 0.5) is 5.69 Å². The van der Waals surface area contributed by atoms with Gasteiger partial charge in [-0.25, -0.2) is 0 Å². The van der Waals surface area contributed by atoms with Crippen LogP contribution in [-0.4, -0.2) is 48.0 Å². The van der Waals surface area contributed by atoms with Gasteiger partial charge < -0.3 is 15.0 Å². The minimum absolute atomic E-state index is 0.0181. The number of anilines is 1. The fourth-order valence-corrected chi connectivity index (χ4v) is 4.10. The second-order valence-electron chi connectivity index (χ2n) is 7.08. The number of ether oxygens (including phenoxy) is 1. The average Bonchev–Trinajstić information content (AvgIpc) is 3.37. The Kier molecular flexibility index (Phi) is 7.01. The number of amides is 2. The minimum atomic E-state index is -0.392. The van der Waals surface area contributed by atoms with Gasteiger partial charge in [0, 0.05) is 18.7 Å². The van der Waals surface area contributed by atoms with E-state index in [-0.39, 0.29) is 24.0 Å². The lowest BCUT2D eigenvalue weighted by Crippen LogP contribution is -2.47. The quantitative estimate of drug-likeness (QED) is 0.667. The number of likely N-dealkylation sites (tertiary alicyclic amines) is 1. The predicted octanol–water partition coefficient (Wildman–Crippen LogP) is 3.13. The molecular formula is C20H22Cl2N4O3. The number of rotatable bonds is 6. The van der Waals surface area contributed by atoms with Gasteiger partial charge in [-0.3, -0.25) is 14.9 Å². The van der Waals surface area contributed by atoms with Gasteiger partial charge in [0.2, 0.25) is 11.8 Å². The van der Waals surface area contributed by atoms with Crippen LogP contribution in [0.3, 0.4) is 0 Å². The largest absolute Gasteiger partial charge is 0.490 e. The van der Waals surface area contributed by atoms with E-state index >= 15 is 0 Å². The van der Waals surface area contributed by atoms with Crippen LogP contribution in [0, 0.1) is 11.3 Å². The smallest absolute Gasteiger partial charge is 0.247 e. The molecule has 9 heteroatoms. The van der Waals surface area contributed by atoms with E-state index in [4.69, 9.17) is 27.9 Å². The van der Waals surface area contributed by atoms with Crippen molar-refractivity contribution in [1.82, 2.24) is 10.2 Å². The van der Waals surface area contributed by atoms with Crippen molar-refractivity contribution in [1.29, 1.82) is 5.26 Å². The van der Waals surface area contributed by atoms with Crippen LogP contribution in [-0.2, 0) is 9.59 Å². The molecule has 2 fully saturated rings. The van der Waals surface area contributed by atoms with Crippen molar-refractivity contribution in [3.8, 4) is 11.8 Å².